The van der Waals surface area contributed by atoms with Crippen LogP contribution in [0.25, 0.3) is 10.9 Å². The third kappa shape index (κ3) is 4.25. The molecule has 142 valence electrons. The molecule has 0 amide bonds. The minimum Gasteiger partial charge on any atom is -0.494 e. The first-order chi connectivity index (χ1) is 13.2. The van der Waals surface area contributed by atoms with E-state index in [4.69, 9.17) is 4.74 Å². The zero-order valence-electron chi connectivity index (χ0n) is 16.2. The number of anilines is 1. The largest absolute Gasteiger partial charge is 0.494 e. The van der Waals surface area contributed by atoms with Crippen molar-refractivity contribution in [1.29, 1.82) is 0 Å². The van der Waals surface area contributed by atoms with E-state index in [1.807, 2.05) is 13.1 Å². The highest BCUT2D eigenvalue weighted by molar-refractivity contribution is 5.81. The van der Waals surface area contributed by atoms with Gasteiger partial charge in [0.2, 0.25) is 0 Å². The Morgan fingerprint density at radius 2 is 2.19 bits per heavy atom. The number of hydrogen-bond donors (Lipinski definition) is 2. The Bertz CT molecular complexity index is 904. The van der Waals surface area contributed by atoms with Crippen LogP contribution < -0.4 is 10.1 Å². The van der Waals surface area contributed by atoms with Gasteiger partial charge in [0, 0.05) is 30.2 Å². The van der Waals surface area contributed by atoms with Gasteiger partial charge in [0.1, 0.15) is 5.75 Å². The number of aromatic amines is 1. The van der Waals surface area contributed by atoms with E-state index < -0.39 is 0 Å². The maximum absolute atomic E-state index is 5.76. The maximum Gasteiger partial charge on any atom is 0.122 e. The van der Waals surface area contributed by atoms with Crippen molar-refractivity contribution in [2.75, 3.05) is 25.0 Å². The number of nitrogens with zero attached hydrogens (tertiary/aromatic N) is 2. The number of likely N-dealkylation sites (tertiary alicyclic amines) is 1. The van der Waals surface area contributed by atoms with Gasteiger partial charge >= 0.3 is 0 Å². The van der Waals surface area contributed by atoms with E-state index in [0.29, 0.717) is 12.6 Å². The van der Waals surface area contributed by atoms with E-state index in [0.717, 1.165) is 36.3 Å². The van der Waals surface area contributed by atoms with Crippen molar-refractivity contribution in [3.05, 3.63) is 53.7 Å². The lowest BCUT2D eigenvalue weighted by Crippen LogP contribution is -2.41. The molecular formula is C22H28N4O. The first-order valence-corrected chi connectivity index (χ1v) is 9.85. The van der Waals surface area contributed by atoms with Crippen LogP contribution >= 0.6 is 0 Å². The minimum absolute atomic E-state index is 0.472. The minimum atomic E-state index is 0.472. The van der Waals surface area contributed by atoms with Crippen LogP contribution in [0.5, 0.6) is 5.75 Å². The van der Waals surface area contributed by atoms with E-state index in [1.54, 1.807) is 0 Å². The Labute approximate surface area is 160 Å². The molecule has 2 N–H and O–H groups in total. The second kappa shape index (κ2) is 8.01. The number of aromatic nitrogens is 2. The summed E-state index contributed by atoms with van der Waals surface area (Å²) in [6.45, 7) is 8.03. The molecule has 1 aliphatic rings. The van der Waals surface area contributed by atoms with E-state index in [1.165, 1.54) is 29.7 Å². The fourth-order valence-corrected chi connectivity index (χ4v) is 3.90. The molecule has 0 bridgehead atoms. The van der Waals surface area contributed by atoms with Crippen molar-refractivity contribution in [2.45, 2.75) is 39.3 Å². The van der Waals surface area contributed by atoms with Crippen LogP contribution in [0.4, 0.5) is 5.69 Å². The van der Waals surface area contributed by atoms with Gasteiger partial charge in [0.25, 0.3) is 0 Å². The topological polar surface area (TPSA) is 53.2 Å². The molecule has 4 rings (SSSR count). The van der Waals surface area contributed by atoms with Crippen molar-refractivity contribution in [2.24, 2.45) is 0 Å². The predicted octanol–water partition coefficient (Wildman–Crippen LogP) is 4.35. The second-order valence-electron chi connectivity index (χ2n) is 7.42. The quantitative estimate of drug-likeness (QED) is 0.683. The Morgan fingerprint density at radius 1 is 1.26 bits per heavy atom. The van der Waals surface area contributed by atoms with Gasteiger partial charge in [-0.25, -0.2) is 0 Å². The molecule has 1 aromatic heterocycles. The highest BCUT2D eigenvalue weighted by atomic mass is 16.5. The lowest BCUT2D eigenvalue weighted by Gasteiger charge is -2.33. The van der Waals surface area contributed by atoms with Crippen molar-refractivity contribution in [3.8, 4) is 5.75 Å². The van der Waals surface area contributed by atoms with Gasteiger partial charge in [-0.05, 0) is 68.6 Å². The van der Waals surface area contributed by atoms with Gasteiger partial charge in [0.15, 0.2) is 0 Å². The number of benzene rings is 2. The van der Waals surface area contributed by atoms with E-state index >= 15 is 0 Å². The summed E-state index contributed by atoms with van der Waals surface area (Å²) in [7, 11) is 0. The molecule has 5 heteroatoms. The molecule has 0 radical (unpaired) electrons. The first kappa shape index (κ1) is 17.9. The molecule has 1 atom stereocenters. The molecule has 0 spiro atoms. The Balaban J connectivity index is 1.39. The standard InChI is InChI=1S/C22H28N4O/c1-3-27-22-11-17(7-6-16(22)2)14-26-10-4-5-20(15-26)24-19-8-9-21-18(12-19)13-23-25-21/h6-9,11-13,20,24H,3-5,10,14-15H2,1-2H3,(H,23,25)/t20-/m1/s1. The number of rotatable bonds is 6. The Kier molecular flexibility index (Phi) is 5.30. The third-order valence-electron chi connectivity index (χ3n) is 5.28. The molecule has 3 aromatic rings. The molecule has 1 saturated heterocycles. The third-order valence-corrected chi connectivity index (χ3v) is 5.28. The smallest absolute Gasteiger partial charge is 0.122 e. The summed E-state index contributed by atoms with van der Waals surface area (Å²) in [6, 6.07) is 13.5. The predicted molar refractivity (Wildman–Crippen MR) is 110 cm³/mol. The molecular weight excluding hydrogens is 336 g/mol. The van der Waals surface area contributed by atoms with E-state index in [-0.39, 0.29) is 0 Å². The summed E-state index contributed by atoms with van der Waals surface area (Å²) in [5.41, 5.74) is 4.78. The van der Waals surface area contributed by atoms with Crippen LogP contribution in [-0.4, -0.2) is 40.8 Å². The average molecular weight is 364 g/mol. The highest BCUT2D eigenvalue weighted by Crippen LogP contribution is 2.23. The summed E-state index contributed by atoms with van der Waals surface area (Å²) in [5, 5.41) is 12.0. The number of piperidine rings is 1. The summed E-state index contributed by atoms with van der Waals surface area (Å²) in [6.07, 6.45) is 4.30. The van der Waals surface area contributed by atoms with Gasteiger partial charge in [0.05, 0.1) is 18.3 Å². The zero-order valence-corrected chi connectivity index (χ0v) is 16.2. The van der Waals surface area contributed by atoms with Gasteiger partial charge in [-0.2, -0.15) is 5.10 Å². The number of fused-ring (bicyclic) bond motifs is 1. The van der Waals surface area contributed by atoms with Crippen LogP contribution in [0.1, 0.15) is 30.9 Å². The van der Waals surface area contributed by atoms with Gasteiger partial charge in [-0.15, -0.1) is 0 Å². The molecule has 1 fully saturated rings. The number of H-pyrrole nitrogens is 1. The van der Waals surface area contributed by atoms with Crippen molar-refractivity contribution >= 4 is 16.6 Å². The molecule has 2 aromatic carbocycles. The lowest BCUT2D eigenvalue weighted by molar-refractivity contribution is 0.208. The monoisotopic (exact) mass is 364 g/mol. The molecule has 5 nitrogen and oxygen atoms in total. The number of nitrogens with one attached hydrogen (secondary N) is 2. The number of aryl methyl sites for hydroxylation is 1. The normalized spacial score (nSPS) is 17.9. The molecule has 0 saturated carbocycles. The molecule has 0 aliphatic carbocycles. The van der Waals surface area contributed by atoms with Crippen LogP contribution in [0.2, 0.25) is 0 Å². The summed E-state index contributed by atoms with van der Waals surface area (Å²) < 4.78 is 5.76. The van der Waals surface area contributed by atoms with Crippen molar-refractivity contribution < 1.29 is 4.74 Å². The summed E-state index contributed by atoms with van der Waals surface area (Å²) >= 11 is 0. The SMILES string of the molecule is CCOc1cc(CN2CCC[C@@H](Nc3ccc4[nH]ncc4c3)C2)ccc1C. The molecule has 0 unspecified atom stereocenters. The van der Waals surface area contributed by atoms with E-state index in [2.05, 4.69) is 63.7 Å². The number of hydrogen-bond acceptors (Lipinski definition) is 4. The summed E-state index contributed by atoms with van der Waals surface area (Å²) in [5.74, 6) is 1.01. The van der Waals surface area contributed by atoms with Gasteiger partial charge in [-0.3, -0.25) is 10.00 Å². The fourth-order valence-electron chi connectivity index (χ4n) is 3.90. The Hall–Kier alpha value is -2.53. The van der Waals surface area contributed by atoms with E-state index in [9.17, 15) is 0 Å². The fraction of sp³-hybridized carbons (Fsp3) is 0.409. The Morgan fingerprint density at radius 3 is 3.07 bits per heavy atom. The van der Waals surface area contributed by atoms with Crippen LogP contribution in [-0.2, 0) is 6.54 Å². The zero-order chi connectivity index (χ0) is 18.6. The second-order valence-corrected chi connectivity index (χ2v) is 7.42. The number of ether oxygens (including phenoxy) is 1. The molecule has 2 heterocycles. The van der Waals surface area contributed by atoms with Crippen LogP contribution in [0.3, 0.4) is 0 Å². The van der Waals surface area contributed by atoms with Gasteiger partial charge in [-0.1, -0.05) is 12.1 Å². The summed E-state index contributed by atoms with van der Waals surface area (Å²) in [4.78, 5) is 2.54. The highest BCUT2D eigenvalue weighted by Gasteiger charge is 2.20. The van der Waals surface area contributed by atoms with Crippen molar-refractivity contribution in [3.63, 3.8) is 0 Å². The van der Waals surface area contributed by atoms with Crippen molar-refractivity contribution in [1.82, 2.24) is 15.1 Å². The first-order valence-electron chi connectivity index (χ1n) is 9.85. The molecule has 1 aliphatic heterocycles. The van der Waals surface area contributed by atoms with Crippen LogP contribution in [0, 0.1) is 6.92 Å². The van der Waals surface area contributed by atoms with Gasteiger partial charge < -0.3 is 10.1 Å². The lowest BCUT2D eigenvalue weighted by atomic mass is 10.0. The maximum atomic E-state index is 5.76. The molecule has 27 heavy (non-hydrogen) atoms. The van der Waals surface area contributed by atoms with Crippen LogP contribution in [0.15, 0.2) is 42.6 Å². The average Bonchev–Trinajstić information content (AvgIpc) is 3.13.